The van der Waals surface area contributed by atoms with Crippen molar-refractivity contribution in [1.29, 1.82) is 0 Å². The topological polar surface area (TPSA) is 55.0 Å². The van der Waals surface area contributed by atoms with E-state index in [1.807, 2.05) is 0 Å². The molecule has 1 atom stereocenters. The Morgan fingerprint density at radius 1 is 1.44 bits per heavy atom. The Morgan fingerprint density at radius 2 is 2.19 bits per heavy atom. The Balaban J connectivity index is 2.34. The van der Waals surface area contributed by atoms with Crippen molar-refractivity contribution in [3.8, 4) is 0 Å². The fourth-order valence-electron chi connectivity index (χ4n) is 2.13. The summed E-state index contributed by atoms with van der Waals surface area (Å²) < 4.78 is 0. The summed E-state index contributed by atoms with van der Waals surface area (Å²) in [5.41, 5.74) is 6.31. The Hall–Kier alpha value is -1.23. The zero-order chi connectivity index (χ0) is 11.5. The third-order valence-corrected chi connectivity index (χ3v) is 3.18. The lowest BCUT2D eigenvalue weighted by Crippen LogP contribution is -2.39. The van der Waals surface area contributed by atoms with Gasteiger partial charge in [-0.05, 0) is 26.2 Å². The first-order valence-corrected chi connectivity index (χ1v) is 5.98. The molecule has 16 heavy (non-hydrogen) atoms. The van der Waals surface area contributed by atoms with Gasteiger partial charge < -0.3 is 10.6 Å². The van der Waals surface area contributed by atoms with E-state index in [0.29, 0.717) is 16.7 Å². The van der Waals surface area contributed by atoms with Crippen molar-refractivity contribution < 1.29 is 0 Å². The average molecular weight is 236 g/mol. The molecule has 1 aromatic rings. The van der Waals surface area contributed by atoms with Crippen LogP contribution in [0.2, 0.25) is 0 Å². The highest BCUT2D eigenvalue weighted by molar-refractivity contribution is 7.80. The number of hydrogen-bond donors (Lipinski definition) is 1. The lowest BCUT2D eigenvalue weighted by Gasteiger charge is -2.34. The summed E-state index contributed by atoms with van der Waals surface area (Å²) in [6.07, 6.45) is 6.98. The Morgan fingerprint density at radius 3 is 2.88 bits per heavy atom. The number of nitrogens with zero attached hydrogens (tertiary/aromatic N) is 3. The first-order valence-electron chi connectivity index (χ1n) is 5.57. The minimum atomic E-state index is 0.320. The molecule has 0 aromatic carbocycles. The lowest BCUT2D eigenvalue weighted by atomic mass is 10.0. The lowest BCUT2D eigenvalue weighted by molar-refractivity contribution is 0.480. The number of rotatable bonds is 2. The summed E-state index contributed by atoms with van der Waals surface area (Å²) in [4.78, 5) is 11.2. The van der Waals surface area contributed by atoms with Gasteiger partial charge in [-0.25, -0.2) is 9.97 Å². The molecule has 1 unspecified atom stereocenters. The van der Waals surface area contributed by atoms with Gasteiger partial charge in [0.05, 0.1) is 0 Å². The summed E-state index contributed by atoms with van der Waals surface area (Å²) in [5, 5.41) is 0. The van der Waals surface area contributed by atoms with Gasteiger partial charge in [-0.1, -0.05) is 12.2 Å². The number of anilines is 1. The Kier molecular flexibility index (Phi) is 3.33. The quantitative estimate of drug-likeness (QED) is 0.788. The summed E-state index contributed by atoms with van der Waals surface area (Å²) in [6.45, 7) is 3.21. The van der Waals surface area contributed by atoms with Crippen molar-refractivity contribution in [2.24, 2.45) is 5.73 Å². The van der Waals surface area contributed by atoms with E-state index in [9.17, 15) is 0 Å². The monoisotopic (exact) mass is 236 g/mol. The number of nitrogens with two attached hydrogens (primary N) is 1. The molecule has 1 fully saturated rings. The number of hydrogen-bond acceptors (Lipinski definition) is 4. The Labute approximate surface area is 101 Å². The van der Waals surface area contributed by atoms with Crippen LogP contribution in [-0.2, 0) is 0 Å². The molecule has 2 N–H and O–H groups in total. The molecule has 1 aliphatic heterocycles. The second kappa shape index (κ2) is 4.74. The Bertz CT molecular complexity index is 393. The molecular weight excluding hydrogens is 220 g/mol. The fourth-order valence-corrected chi connectivity index (χ4v) is 2.27. The molecule has 1 aromatic heterocycles. The van der Waals surface area contributed by atoms with E-state index in [1.54, 1.807) is 12.4 Å². The molecule has 4 nitrogen and oxygen atoms in total. The van der Waals surface area contributed by atoms with Crippen molar-refractivity contribution in [3.05, 3.63) is 18.1 Å². The van der Waals surface area contributed by atoms with E-state index in [2.05, 4.69) is 21.8 Å². The molecule has 1 aliphatic rings. The minimum Gasteiger partial charge on any atom is -0.388 e. The predicted octanol–water partition coefficient (Wildman–Crippen LogP) is 1.49. The molecule has 0 spiro atoms. The summed E-state index contributed by atoms with van der Waals surface area (Å²) in [7, 11) is 0. The van der Waals surface area contributed by atoms with Crippen molar-refractivity contribution >= 4 is 23.0 Å². The number of aromatic nitrogens is 2. The number of thiocarbonyl (C=S) groups is 1. The molecular formula is C11H16N4S. The second-order valence-corrected chi connectivity index (χ2v) is 4.57. The predicted molar refractivity (Wildman–Crippen MR) is 68.6 cm³/mol. The highest BCUT2D eigenvalue weighted by Crippen LogP contribution is 2.24. The van der Waals surface area contributed by atoms with Gasteiger partial charge in [-0.3, -0.25) is 0 Å². The molecule has 0 bridgehead atoms. The zero-order valence-electron chi connectivity index (χ0n) is 9.39. The summed E-state index contributed by atoms with van der Waals surface area (Å²) in [5.74, 6) is 0.835. The van der Waals surface area contributed by atoms with Crippen molar-refractivity contribution in [1.82, 2.24) is 9.97 Å². The second-order valence-electron chi connectivity index (χ2n) is 4.13. The van der Waals surface area contributed by atoms with Crippen molar-refractivity contribution in [2.75, 3.05) is 11.4 Å². The van der Waals surface area contributed by atoms with Crippen LogP contribution in [0.1, 0.15) is 31.9 Å². The van der Waals surface area contributed by atoms with Gasteiger partial charge in [-0.15, -0.1) is 0 Å². The van der Waals surface area contributed by atoms with E-state index in [4.69, 9.17) is 18.0 Å². The maximum absolute atomic E-state index is 5.67. The standard InChI is InChI=1S/C11H16N4S/c1-8-4-2-3-7-15(8)11-9(10(12)16)13-5-6-14-11/h5-6,8H,2-4,7H2,1H3,(H2,12,16). The zero-order valence-corrected chi connectivity index (χ0v) is 10.2. The molecule has 5 heteroatoms. The summed E-state index contributed by atoms with van der Waals surface area (Å²) in [6, 6.07) is 0.485. The van der Waals surface area contributed by atoms with Crippen LogP contribution in [0.3, 0.4) is 0 Å². The molecule has 0 radical (unpaired) electrons. The molecule has 0 saturated carbocycles. The maximum Gasteiger partial charge on any atom is 0.157 e. The molecule has 1 saturated heterocycles. The van der Waals surface area contributed by atoms with Crippen LogP contribution in [0.25, 0.3) is 0 Å². The van der Waals surface area contributed by atoms with Crippen LogP contribution < -0.4 is 10.6 Å². The van der Waals surface area contributed by atoms with Crippen LogP contribution in [-0.4, -0.2) is 27.5 Å². The third-order valence-electron chi connectivity index (χ3n) is 2.99. The van der Waals surface area contributed by atoms with Crippen LogP contribution in [0.4, 0.5) is 5.82 Å². The minimum absolute atomic E-state index is 0.320. The smallest absolute Gasteiger partial charge is 0.157 e. The van der Waals surface area contributed by atoms with Gasteiger partial charge in [0.2, 0.25) is 0 Å². The maximum atomic E-state index is 5.67. The van der Waals surface area contributed by atoms with E-state index in [1.165, 1.54) is 19.3 Å². The normalized spacial score (nSPS) is 20.8. The van der Waals surface area contributed by atoms with Crippen LogP contribution in [0.15, 0.2) is 12.4 Å². The van der Waals surface area contributed by atoms with Gasteiger partial charge in [-0.2, -0.15) is 0 Å². The highest BCUT2D eigenvalue weighted by atomic mass is 32.1. The van der Waals surface area contributed by atoms with Crippen molar-refractivity contribution in [3.63, 3.8) is 0 Å². The van der Waals surface area contributed by atoms with Crippen LogP contribution >= 0.6 is 12.2 Å². The van der Waals surface area contributed by atoms with Crippen LogP contribution in [0, 0.1) is 0 Å². The van der Waals surface area contributed by atoms with Crippen molar-refractivity contribution in [2.45, 2.75) is 32.2 Å². The highest BCUT2D eigenvalue weighted by Gasteiger charge is 2.23. The first-order chi connectivity index (χ1) is 7.70. The summed E-state index contributed by atoms with van der Waals surface area (Å²) >= 11 is 5.01. The van der Waals surface area contributed by atoms with Gasteiger partial charge in [0, 0.05) is 25.0 Å². The average Bonchev–Trinajstić information content (AvgIpc) is 2.29. The van der Waals surface area contributed by atoms with Gasteiger partial charge in [0.1, 0.15) is 10.7 Å². The van der Waals surface area contributed by atoms with E-state index in [-0.39, 0.29) is 0 Å². The SMILES string of the molecule is CC1CCCCN1c1nccnc1C(N)=S. The molecule has 86 valence electrons. The molecule has 0 aliphatic carbocycles. The van der Waals surface area contributed by atoms with Gasteiger partial charge >= 0.3 is 0 Å². The molecule has 2 heterocycles. The van der Waals surface area contributed by atoms with Gasteiger partial charge in [0.15, 0.2) is 5.82 Å². The molecule has 2 rings (SSSR count). The number of piperidine rings is 1. The van der Waals surface area contributed by atoms with Crippen LogP contribution in [0.5, 0.6) is 0 Å². The molecule has 0 amide bonds. The van der Waals surface area contributed by atoms with E-state index >= 15 is 0 Å². The fraction of sp³-hybridized carbons (Fsp3) is 0.545. The van der Waals surface area contributed by atoms with Gasteiger partial charge in [0.25, 0.3) is 0 Å². The van der Waals surface area contributed by atoms with E-state index in [0.717, 1.165) is 12.4 Å². The largest absolute Gasteiger partial charge is 0.388 e. The first kappa shape index (κ1) is 11.3. The third kappa shape index (κ3) is 2.14. The van der Waals surface area contributed by atoms with E-state index < -0.39 is 0 Å².